The predicted molar refractivity (Wildman–Crippen MR) is 125 cm³/mol. The Morgan fingerprint density at radius 2 is 1.71 bits per heavy atom. The number of nitro groups is 1. The van der Waals surface area contributed by atoms with Crippen LogP contribution in [0, 0.1) is 10.1 Å². The van der Waals surface area contributed by atoms with Crippen molar-refractivity contribution in [1.29, 1.82) is 0 Å². The number of hydrogen-bond acceptors (Lipinski definition) is 6. The van der Waals surface area contributed by atoms with Crippen LogP contribution in [0.3, 0.4) is 0 Å². The van der Waals surface area contributed by atoms with Crippen LogP contribution in [-0.4, -0.2) is 26.8 Å². The van der Waals surface area contributed by atoms with Gasteiger partial charge in [0.05, 0.1) is 24.1 Å². The molecule has 0 unspecified atom stereocenters. The molecule has 11 heteroatoms. The SMILES string of the molecule is COc1ccc(-c2nnc(SCc3cc([N+](=O)[O-])cc(C(F)(F)F)c3)n2Cc2ccccc2)cc1. The minimum absolute atomic E-state index is 0.0420. The topological polar surface area (TPSA) is 83.1 Å². The Balaban J connectivity index is 1.67. The summed E-state index contributed by atoms with van der Waals surface area (Å²) in [5, 5.41) is 20.2. The highest BCUT2D eigenvalue weighted by Crippen LogP contribution is 2.35. The maximum absolute atomic E-state index is 13.3. The third-order valence-electron chi connectivity index (χ3n) is 5.13. The van der Waals surface area contributed by atoms with Gasteiger partial charge in [-0.05, 0) is 41.5 Å². The van der Waals surface area contributed by atoms with Gasteiger partial charge in [-0.1, -0.05) is 42.1 Å². The standard InChI is InChI=1S/C24H19F3N4O3S/c1-34-21-9-7-18(8-10-21)22-28-29-23(30(22)14-16-5-3-2-4-6-16)35-15-17-11-19(24(25,26)27)13-20(12-17)31(32)33/h2-13H,14-15H2,1H3. The first-order chi connectivity index (χ1) is 16.7. The fourth-order valence-corrected chi connectivity index (χ4v) is 4.30. The van der Waals surface area contributed by atoms with Gasteiger partial charge in [-0.3, -0.25) is 14.7 Å². The number of halogens is 3. The largest absolute Gasteiger partial charge is 0.497 e. The van der Waals surface area contributed by atoms with Crippen molar-refractivity contribution in [2.24, 2.45) is 0 Å². The molecule has 180 valence electrons. The monoisotopic (exact) mass is 500 g/mol. The lowest BCUT2D eigenvalue weighted by Crippen LogP contribution is -2.07. The summed E-state index contributed by atoms with van der Waals surface area (Å²) in [6, 6.07) is 19.5. The molecule has 0 saturated heterocycles. The van der Waals surface area contributed by atoms with Gasteiger partial charge in [-0.25, -0.2) is 0 Å². The van der Waals surface area contributed by atoms with Crippen LogP contribution in [0.2, 0.25) is 0 Å². The summed E-state index contributed by atoms with van der Waals surface area (Å²) >= 11 is 1.16. The average Bonchev–Trinajstić information content (AvgIpc) is 3.25. The number of ether oxygens (including phenoxy) is 1. The van der Waals surface area contributed by atoms with Crippen molar-refractivity contribution >= 4 is 17.4 Å². The van der Waals surface area contributed by atoms with Gasteiger partial charge in [0.25, 0.3) is 5.69 Å². The molecule has 0 radical (unpaired) electrons. The van der Waals surface area contributed by atoms with Gasteiger partial charge in [0.2, 0.25) is 0 Å². The van der Waals surface area contributed by atoms with E-state index < -0.39 is 22.4 Å². The van der Waals surface area contributed by atoms with Crippen molar-refractivity contribution in [2.75, 3.05) is 7.11 Å². The zero-order valence-electron chi connectivity index (χ0n) is 18.4. The van der Waals surface area contributed by atoms with Gasteiger partial charge in [0.1, 0.15) is 5.75 Å². The average molecular weight is 501 g/mol. The molecule has 0 amide bonds. The first kappa shape index (κ1) is 24.3. The molecule has 0 N–H and O–H groups in total. The normalized spacial score (nSPS) is 11.4. The zero-order valence-corrected chi connectivity index (χ0v) is 19.2. The molecule has 0 aliphatic heterocycles. The summed E-state index contributed by atoms with van der Waals surface area (Å²) < 4.78 is 46.9. The second-order valence-electron chi connectivity index (χ2n) is 7.54. The molecule has 3 aromatic carbocycles. The van der Waals surface area contributed by atoms with Gasteiger partial charge < -0.3 is 4.74 Å². The van der Waals surface area contributed by atoms with E-state index in [4.69, 9.17) is 4.74 Å². The highest BCUT2D eigenvalue weighted by atomic mass is 32.2. The van der Waals surface area contributed by atoms with Crippen LogP contribution in [0.15, 0.2) is 78.0 Å². The number of rotatable bonds is 8. The molecule has 4 aromatic rings. The summed E-state index contributed by atoms with van der Waals surface area (Å²) in [5.41, 5.74) is 0.262. The summed E-state index contributed by atoms with van der Waals surface area (Å²) in [4.78, 5) is 10.3. The maximum atomic E-state index is 13.3. The smallest absolute Gasteiger partial charge is 0.416 e. The molecule has 0 atom stereocenters. The maximum Gasteiger partial charge on any atom is 0.416 e. The van der Waals surface area contributed by atoms with E-state index in [0.29, 0.717) is 29.3 Å². The van der Waals surface area contributed by atoms with Crippen LogP contribution in [0.25, 0.3) is 11.4 Å². The number of benzene rings is 3. The molecule has 0 bridgehead atoms. The van der Waals surface area contributed by atoms with Crippen LogP contribution in [0.4, 0.5) is 18.9 Å². The van der Waals surface area contributed by atoms with Gasteiger partial charge in [0, 0.05) is 23.4 Å². The number of thioether (sulfide) groups is 1. The van der Waals surface area contributed by atoms with Crippen LogP contribution in [-0.2, 0) is 18.5 Å². The number of alkyl halides is 3. The van der Waals surface area contributed by atoms with Crippen molar-refractivity contribution in [3.63, 3.8) is 0 Å². The van der Waals surface area contributed by atoms with Gasteiger partial charge in [-0.2, -0.15) is 13.2 Å². The van der Waals surface area contributed by atoms with E-state index in [0.717, 1.165) is 35.0 Å². The van der Waals surface area contributed by atoms with E-state index >= 15 is 0 Å². The van der Waals surface area contributed by atoms with Crippen LogP contribution < -0.4 is 4.74 Å². The molecule has 0 saturated carbocycles. The van der Waals surface area contributed by atoms with E-state index in [1.54, 1.807) is 19.2 Å². The quantitative estimate of drug-likeness (QED) is 0.162. The molecule has 35 heavy (non-hydrogen) atoms. The summed E-state index contributed by atoms with van der Waals surface area (Å²) in [7, 11) is 1.57. The van der Waals surface area contributed by atoms with Crippen LogP contribution in [0.1, 0.15) is 16.7 Å². The van der Waals surface area contributed by atoms with E-state index in [-0.39, 0.29) is 11.3 Å². The van der Waals surface area contributed by atoms with Crippen molar-refractivity contribution < 1.29 is 22.8 Å². The predicted octanol–water partition coefficient (Wildman–Crippen LogP) is 6.22. The fourth-order valence-electron chi connectivity index (χ4n) is 3.43. The third kappa shape index (κ3) is 5.80. The number of methoxy groups -OCH3 is 1. The molecule has 4 rings (SSSR count). The lowest BCUT2D eigenvalue weighted by Gasteiger charge is -2.12. The minimum Gasteiger partial charge on any atom is -0.497 e. The molecule has 0 spiro atoms. The van der Waals surface area contributed by atoms with Crippen LogP contribution in [0.5, 0.6) is 5.75 Å². The Kier molecular flexibility index (Phi) is 7.06. The third-order valence-corrected chi connectivity index (χ3v) is 6.17. The van der Waals surface area contributed by atoms with E-state index in [2.05, 4.69) is 10.2 Å². The molecular weight excluding hydrogens is 481 g/mol. The number of nitrogens with zero attached hydrogens (tertiary/aromatic N) is 4. The Bertz CT molecular complexity index is 1330. The summed E-state index contributed by atoms with van der Waals surface area (Å²) in [5.74, 6) is 1.30. The minimum atomic E-state index is -4.69. The van der Waals surface area contributed by atoms with Crippen molar-refractivity contribution in [3.05, 3.63) is 99.6 Å². The Hall–Kier alpha value is -3.86. The van der Waals surface area contributed by atoms with Crippen molar-refractivity contribution in [3.8, 4) is 17.1 Å². The highest BCUT2D eigenvalue weighted by Gasteiger charge is 2.32. The summed E-state index contributed by atoms with van der Waals surface area (Å²) in [6.07, 6.45) is -4.69. The second kappa shape index (κ2) is 10.2. The van der Waals surface area contributed by atoms with Gasteiger partial charge in [-0.15, -0.1) is 10.2 Å². The molecule has 1 aromatic heterocycles. The fraction of sp³-hybridized carbons (Fsp3) is 0.167. The first-order valence-corrected chi connectivity index (χ1v) is 11.3. The zero-order chi connectivity index (χ0) is 25.0. The van der Waals surface area contributed by atoms with Gasteiger partial charge >= 0.3 is 6.18 Å². The lowest BCUT2D eigenvalue weighted by atomic mass is 10.1. The Morgan fingerprint density at radius 1 is 1.00 bits per heavy atom. The summed E-state index contributed by atoms with van der Waals surface area (Å²) in [6.45, 7) is 0.431. The molecule has 7 nitrogen and oxygen atoms in total. The van der Waals surface area contributed by atoms with E-state index in [1.165, 1.54) is 0 Å². The Labute approximate surface area is 202 Å². The van der Waals surface area contributed by atoms with E-state index in [1.807, 2.05) is 47.0 Å². The molecule has 1 heterocycles. The number of nitro benzene ring substituents is 1. The highest BCUT2D eigenvalue weighted by molar-refractivity contribution is 7.98. The number of aromatic nitrogens is 3. The first-order valence-electron chi connectivity index (χ1n) is 10.3. The van der Waals surface area contributed by atoms with Crippen molar-refractivity contribution in [1.82, 2.24) is 14.8 Å². The number of non-ortho nitro benzene ring substituents is 1. The Morgan fingerprint density at radius 3 is 2.34 bits per heavy atom. The molecule has 0 aliphatic carbocycles. The van der Waals surface area contributed by atoms with Gasteiger partial charge in [0.15, 0.2) is 11.0 Å². The molecule has 0 fully saturated rings. The van der Waals surface area contributed by atoms with Crippen LogP contribution >= 0.6 is 11.8 Å². The van der Waals surface area contributed by atoms with Crippen molar-refractivity contribution in [2.45, 2.75) is 23.6 Å². The lowest BCUT2D eigenvalue weighted by molar-refractivity contribution is -0.385. The molecule has 0 aliphatic rings. The molecular formula is C24H19F3N4O3S. The number of hydrogen-bond donors (Lipinski definition) is 0. The van der Waals surface area contributed by atoms with E-state index in [9.17, 15) is 23.3 Å². The second-order valence-corrected chi connectivity index (χ2v) is 8.48.